The SMILES string of the molecule is COc1ccc(CN2C(=O)[C@H](CC(=O)O)O[C@@H](c3cccc(OC)c3Cl)c3cc(Cl)ccc32)c(OC)c1. The topological polar surface area (TPSA) is 94.5 Å². The summed E-state index contributed by atoms with van der Waals surface area (Å²) in [6.45, 7) is 0.0820. The lowest BCUT2D eigenvalue weighted by molar-refractivity contribution is -0.146. The highest BCUT2D eigenvalue weighted by atomic mass is 35.5. The van der Waals surface area contributed by atoms with Crippen molar-refractivity contribution in [2.75, 3.05) is 26.2 Å². The molecule has 3 aromatic rings. The van der Waals surface area contributed by atoms with Gasteiger partial charge in [0.25, 0.3) is 5.91 Å². The van der Waals surface area contributed by atoms with Crippen molar-refractivity contribution in [1.82, 2.24) is 0 Å². The number of carboxylic acid groups (broad SMARTS) is 1. The first-order valence-electron chi connectivity index (χ1n) is 11.3. The minimum Gasteiger partial charge on any atom is -0.497 e. The molecule has 8 nitrogen and oxygen atoms in total. The molecule has 1 aliphatic rings. The largest absolute Gasteiger partial charge is 0.497 e. The quantitative estimate of drug-likeness (QED) is 0.398. The van der Waals surface area contributed by atoms with Gasteiger partial charge in [0.05, 0.1) is 45.0 Å². The molecule has 1 N–H and O–H groups in total. The second-order valence-corrected chi connectivity index (χ2v) is 9.09. The van der Waals surface area contributed by atoms with Gasteiger partial charge in [-0.25, -0.2) is 0 Å². The van der Waals surface area contributed by atoms with Gasteiger partial charge in [0.15, 0.2) is 0 Å². The van der Waals surface area contributed by atoms with E-state index < -0.39 is 30.5 Å². The third-order valence-electron chi connectivity index (χ3n) is 6.08. The molecular weight excluding hydrogens is 521 g/mol. The standard InChI is InChI=1S/C27H25Cl2NO7/c1-34-17-9-7-15(22(12-17)36-3)14-30-20-10-8-16(28)11-19(20)26(37-23(27(30)33)13-24(31)32)18-5-4-6-21(35-2)25(18)29/h4-12,23,26H,13-14H2,1-3H3,(H,31,32)/t23-,26-/m0/s1. The molecule has 1 amide bonds. The lowest BCUT2D eigenvalue weighted by atomic mass is 9.98. The summed E-state index contributed by atoms with van der Waals surface area (Å²) in [6, 6.07) is 15.5. The number of benzene rings is 3. The molecule has 0 saturated carbocycles. The molecule has 0 aliphatic carbocycles. The lowest BCUT2D eigenvalue weighted by Gasteiger charge is -2.26. The van der Waals surface area contributed by atoms with Crippen molar-refractivity contribution in [3.63, 3.8) is 0 Å². The molecule has 37 heavy (non-hydrogen) atoms. The molecular formula is C27H25Cl2NO7. The number of carbonyl (C=O) groups excluding carboxylic acids is 1. The Bertz CT molecular complexity index is 1330. The van der Waals surface area contributed by atoms with Crippen LogP contribution in [0.25, 0.3) is 0 Å². The fourth-order valence-corrected chi connectivity index (χ4v) is 4.79. The summed E-state index contributed by atoms with van der Waals surface area (Å²) in [5, 5.41) is 10.3. The molecule has 0 spiro atoms. The number of aliphatic carboxylic acids is 1. The zero-order chi connectivity index (χ0) is 26.7. The van der Waals surface area contributed by atoms with Gasteiger partial charge in [0, 0.05) is 27.8 Å². The number of carboxylic acids is 1. The average molecular weight is 546 g/mol. The molecule has 4 rings (SSSR count). The normalized spacial score (nSPS) is 17.1. The number of fused-ring (bicyclic) bond motifs is 1. The van der Waals surface area contributed by atoms with Crippen molar-refractivity contribution in [1.29, 1.82) is 0 Å². The Kier molecular flexibility index (Phi) is 8.12. The highest BCUT2D eigenvalue weighted by Crippen LogP contribution is 2.44. The van der Waals surface area contributed by atoms with Crippen molar-refractivity contribution in [3.8, 4) is 17.2 Å². The lowest BCUT2D eigenvalue weighted by Crippen LogP contribution is -2.40. The van der Waals surface area contributed by atoms with Crippen LogP contribution in [0.4, 0.5) is 5.69 Å². The average Bonchev–Trinajstić information content (AvgIpc) is 2.99. The summed E-state index contributed by atoms with van der Waals surface area (Å²) < 4.78 is 22.4. The molecule has 1 heterocycles. The second kappa shape index (κ2) is 11.3. The van der Waals surface area contributed by atoms with Gasteiger partial charge in [0.2, 0.25) is 0 Å². The monoisotopic (exact) mass is 545 g/mol. The summed E-state index contributed by atoms with van der Waals surface area (Å²) in [6.07, 6.45) is -2.75. The van der Waals surface area contributed by atoms with Crippen molar-refractivity contribution >= 4 is 40.8 Å². The molecule has 10 heteroatoms. The number of carbonyl (C=O) groups is 2. The van der Waals surface area contributed by atoms with Crippen LogP contribution >= 0.6 is 23.2 Å². The number of hydrogen-bond donors (Lipinski definition) is 1. The predicted octanol–water partition coefficient (Wildman–Crippen LogP) is 5.52. The van der Waals surface area contributed by atoms with Crippen molar-refractivity contribution in [3.05, 3.63) is 81.3 Å². The van der Waals surface area contributed by atoms with Crippen LogP contribution in [0.3, 0.4) is 0 Å². The minimum atomic E-state index is -1.31. The van der Waals surface area contributed by atoms with E-state index in [0.29, 0.717) is 44.6 Å². The molecule has 0 saturated heterocycles. The Labute approximate surface area is 224 Å². The Morgan fingerprint density at radius 1 is 0.973 bits per heavy atom. The van der Waals surface area contributed by atoms with Gasteiger partial charge in [-0.1, -0.05) is 35.3 Å². The third-order valence-corrected chi connectivity index (χ3v) is 6.72. The van der Waals surface area contributed by atoms with E-state index in [-0.39, 0.29) is 11.6 Å². The van der Waals surface area contributed by atoms with E-state index in [0.717, 1.165) is 0 Å². The number of rotatable bonds is 8. The van der Waals surface area contributed by atoms with Crippen LogP contribution in [-0.2, 0) is 20.9 Å². The first kappa shape index (κ1) is 26.6. The van der Waals surface area contributed by atoms with Gasteiger partial charge in [-0.15, -0.1) is 0 Å². The summed E-state index contributed by atoms with van der Waals surface area (Å²) in [5.41, 5.74) is 2.25. The molecule has 1 aliphatic heterocycles. The summed E-state index contributed by atoms with van der Waals surface area (Å²) in [7, 11) is 4.56. The van der Waals surface area contributed by atoms with Crippen LogP contribution in [0.15, 0.2) is 54.6 Å². The summed E-state index contributed by atoms with van der Waals surface area (Å²) >= 11 is 13.0. The fraction of sp³-hybridized carbons (Fsp3) is 0.259. The van der Waals surface area contributed by atoms with Crippen molar-refractivity contribution in [2.24, 2.45) is 0 Å². The maximum absolute atomic E-state index is 13.8. The fourth-order valence-electron chi connectivity index (χ4n) is 4.31. The van der Waals surface area contributed by atoms with E-state index in [1.807, 2.05) is 0 Å². The van der Waals surface area contributed by atoms with Gasteiger partial charge >= 0.3 is 5.97 Å². The minimum absolute atomic E-state index is 0.0820. The Balaban J connectivity index is 1.90. The second-order valence-electron chi connectivity index (χ2n) is 8.27. The Morgan fingerprint density at radius 2 is 1.73 bits per heavy atom. The van der Waals surface area contributed by atoms with E-state index >= 15 is 0 Å². The number of anilines is 1. The highest BCUT2D eigenvalue weighted by Gasteiger charge is 2.39. The first-order valence-corrected chi connectivity index (χ1v) is 12.0. The Hall–Kier alpha value is -3.46. The van der Waals surface area contributed by atoms with Gasteiger partial charge in [0.1, 0.15) is 29.5 Å². The van der Waals surface area contributed by atoms with Crippen LogP contribution in [0.5, 0.6) is 17.2 Å². The first-order chi connectivity index (χ1) is 17.8. The van der Waals surface area contributed by atoms with Crippen LogP contribution in [0.1, 0.15) is 29.2 Å². The molecule has 0 fully saturated rings. The van der Waals surface area contributed by atoms with Gasteiger partial charge in [-0.05, 0) is 36.4 Å². The van der Waals surface area contributed by atoms with Crippen LogP contribution in [0, 0.1) is 0 Å². The Morgan fingerprint density at radius 3 is 2.41 bits per heavy atom. The number of ether oxygens (including phenoxy) is 4. The van der Waals surface area contributed by atoms with Crippen molar-refractivity contribution < 1.29 is 33.6 Å². The van der Waals surface area contributed by atoms with Crippen LogP contribution in [0.2, 0.25) is 10.0 Å². The van der Waals surface area contributed by atoms with Gasteiger partial charge in [-0.2, -0.15) is 0 Å². The maximum atomic E-state index is 13.8. The number of amides is 1. The number of hydrogen-bond acceptors (Lipinski definition) is 6. The smallest absolute Gasteiger partial charge is 0.306 e. The maximum Gasteiger partial charge on any atom is 0.306 e. The van der Waals surface area contributed by atoms with E-state index in [4.69, 9.17) is 42.1 Å². The molecule has 0 unspecified atom stereocenters. The molecule has 2 atom stereocenters. The van der Waals surface area contributed by atoms with E-state index in [2.05, 4.69) is 0 Å². The third kappa shape index (κ3) is 5.46. The molecule has 0 aromatic heterocycles. The molecule has 0 radical (unpaired) electrons. The number of nitrogens with zero attached hydrogens (tertiary/aromatic N) is 1. The van der Waals surface area contributed by atoms with Crippen LogP contribution in [-0.4, -0.2) is 44.4 Å². The highest BCUT2D eigenvalue weighted by molar-refractivity contribution is 6.33. The number of methoxy groups -OCH3 is 3. The zero-order valence-corrected chi connectivity index (χ0v) is 21.9. The summed E-state index contributed by atoms with van der Waals surface area (Å²) in [4.78, 5) is 27.1. The molecule has 0 bridgehead atoms. The van der Waals surface area contributed by atoms with Gasteiger partial charge in [-0.3, -0.25) is 9.59 Å². The van der Waals surface area contributed by atoms with E-state index in [9.17, 15) is 14.7 Å². The van der Waals surface area contributed by atoms with Crippen LogP contribution < -0.4 is 19.1 Å². The van der Waals surface area contributed by atoms with Gasteiger partial charge < -0.3 is 29.0 Å². The van der Waals surface area contributed by atoms with E-state index in [1.54, 1.807) is 61.7 Å². The zero-order valence-electron chi connectivity index (χ0n) is 20.4. The summed E-state index contributed by atoms with van der Waals surface area (Å²) in [5.74, 6) is -0.188. The van der Waals surface area contributed by atoms with Crippen molar-refractivity contribution in [2.45, 2.75) is 25.2 Å². The molecule has 3 aromatic carbocycles. The van der Waals surface area contributed by atoms with E-state index in [1.165, 1.54) is 19.1 Å². The molecule has 194 valence electrons. The number of halogens is 2. The predicted molar refractivity (Wildman–Crippen MR) is 139 cm³/mol.